The van der Waals surface area contributed by atoms with Gasteiger partial charge in [-0.05, 0) is 38.0 Å². The summed E-state index contributed by atoms with van der Waals surface area (Å²) in [6.07, 6.45) is 6.84. The van der Waals surface area contributed by atoms with Gasteiger partial charge in [0.2, 0.25) is 0 Å². The molecule has 4 unspecified atom stereocenters. The van der Waals surface area contributed by atoms with Gasteiger partial charge in [-0.25, -0.2) is 0 Å². The second-order valence-corrected chi connectivity index (χ2v) is 7.26. The van der Waals surface area contributed by atoms with Crippen molar-refractivity contribution in [2.45, 2.75) is 77.5 Å². The van der Waals surface area contributed by atoms with Crippen LogP contribution in [0.5, 0.6) is 0 Å². The van der Waals surface area contributed by atoms with Crippen LogP contribution in [0.4, 0.5) is 0 Å². The Labute approximate surface area is 125 Å². The monoisotopic (exact) mass is 282 g/mol. The van der Waals surface area contributed by atoms with E-state index in [-0.39, 0.29) is 5.54 Å². The minimum atomic E-state index is 0.213. The normalized spacial score (nSPS) is 40.2. The lowest BCUT2D eigenvalue weighted by Crippen LogP contribution is -2.67. The van der Waals surface area contributed by atoms with Gasteiger partial charge >= 0.3 is 0 Å². The fourth-order valence-corrected chi connectivity index (χ4v) is 4.66. The van der Waals surface area contributed by atoms with Crippen molar-refractivity contribution >= 4 is 0 Å². The molecule has 4 atom stereocenters. The van der Waals surface area contributed by atoms with Crippen molar-refractivity contribution in [2.75, 3.05) is 19.7 Å². The lowest BCUT2D eigenvalue weighted by molar-refractivity contribution is -0.129. The van der Waals surface area contributed by atoms with Gasteiger partial charge in [0.1, 0.15) is 0 Å². The van der Waals surface area contributed by atoms with Crippen molar-refractivity contribution in [2.24, 2.45) is 17.6 Å². The summed E-state index contributed by atoms with van der Waals surface area (Å²) < 4.78 is 5.91. The summed E-state index contributed by atoms with van der Waals surface area (Å²) in [6, 6.07) is 0.550. The summed E-state index contributed by atoms with van der Waals surface area (Å²) in [4.78, 5) is 2.75. The molecule has 2 aliphatic rings. The molecule has 3 nitrogen and oxygen atoms in total. The van der Waals surface area contributed by atoms with E-state index in [1.807, 2.05) is 0 Å². The summed E-state index contributed by atoms with van der Waals surface area (Å²) in [5.74, 6) is 1.45. The molecular weight excluding hydrogens is 248 g/mol. The van der Waals surface area contributed by atoms with Crippen LogP contribution in [0.25, 0.3) is 0 Å². The van der Waals surface area contributed by atoms with Crippen LogP contribution in [0, 0.1) is 11.8 Å². The zero-order chi connectivity index (χ0) is 14.8. The maximum Gasteiger partial charge on any atom is 0.0675 e. The smallest absolute Gasteiger partial charge is 0.0675 e. The summed E-state index contributed by atoms with van der Waals surface area (Å²) >= 11 is 0. The molecule has 20 heavy (non-hydrogen) atoms. The Kier molecular flexibility index (Phi) is 5.49. The van der Waals surface area contributed by atoms with E-state index in [4.69, 9.17) is 10.5 Å². The molecule has 0 bridgehead atoms. The van der Waals surface area contributed by atoms with Gasteiger partial charge in [-0.2, -0.15) is 0 Å². The summed E-state index contributed by atoms with van der Waals surface area (Å²) in [5, 5.41) is 0. The maximum absolute atomic E-state index is 6.38. The van der Waals surface area contributed by atoms with Crippen molar-refractivity contribution in [1.29, 1.82) is 0 Å². The molecule has 0 amide bonds. The first-order chi connectivity index (χ1) is 9.55. The maximum atomic E-state index is 6.38. The quantitative estimate of drug-likeness (QED) is 0.861. The van der Waals surface area contributed by atoms with E-state index in [0.29, 0.717) is 12.1 Å². The van der Waals surface area contributed by atoms with E-state index in [1.54, 1.807) is 0 Å². The van der Waals surface area contributed by atoms with Crippen LogP contribution in [0.2, 0.25) is 0 Å². The third-order valence-corrected chi connectivity index (χ3v) is 5.73. The highest BCUT2D eigenvalue weighted by Gasteiger charge is 2.48. The first-order valence-electron chi connectivity index (χ1n) is 8.63. The predicted molar refractivity (Wildman–Crippen MR) is 84.8 cm³/mol. The number of rotatable bonds is 4. The Balaban J connectivity index is 2.30. The molecule has 2 N–H and O–H groups in total. The van der Waals surface area contributed by atoms with Gasteiger partial charge in [0, 0.05) is 24.7 Å². The van der Waals surface area contributed by atoms with Crippen LogP contribution in [0.1, 0.15) is 59.8 Å². The Bertz CT molecular complexity index is 307. The zero-order valence-corrected chi connectivity index (χ0v) is 13.9. The first-order valence-corrected chi connectivity index (χ1v) is 8.63. The highest BCUT2D eigenvalue weighted by Crippen LogP contribution is 2.44. The topological polar surface area (TPSA) is 38.5 Å². The predicted octanol–water partition coefficient (Wildman–Crippen LogP) is 3.03. The number of hydrogen-bond acceptors (Lipinski definition) is 3. The van der Waals surface area contributed by atoms with E-state index in [9.17, 15) is 0 Å². The van der Waals surface area contributed by atoms with Crippen LogP contribution >= 0.6 is 0 Å². The Morgan fingerprint density at radius 2 is 2.10 bits per heavy atom. The second kappa shape index (κ2) is 6.76. The zero-order valence-electron chi connectivity index (χ0n) is 13.9. The fraction of sp³-hybridized carbons (Fsp3) is 1.00. The molecule has 0 spiro atoms. The molecule has 0 aromatic carbocycles. The van der Waals surface area contributed by atoms with E-state index in [2.05, 4.69) is 32.6 Å². The van der Waals surface area contributed by atoms with Gasteiger partial charge in [-0.15, -0.1) is 0 Å². The fourth-order valence-electron chi connectivity index (χ4n) is 4.66. The van der Waals surface area contributed by atoms with Crippen molar-refractivity contribution in [3.05, 3.63) is 0 Å². The van der Waals surface area contributed by atoms with Gasteiger partial charge in [0.25, 0.3) is 0 Å². The summed E-state index contributed by atoms with van der Waals surface area (Å²) in [5.41, 5.74) is 6.59. The van der Waals surface area contributed by atoms with Crippen molar-refractivity contribution in [1.82, 2.24) is 4.90 Å². The molecule has 1 heterocycles. The summed E-state index contributed by atoms with van der Waals surface area (Å²) in [7, 11) is 0. The van der Waals surface area contributed by atoms with Crippen LogP contribution in [0.15, 0.2) is 0 Å². The number of ether oxygens (including phenoxy) is 1. The molecule has 0 aromatic heterocycles. The van der Waals surface area contributed by atoms with Crippen LogP contribution in [-0.2, 0) is 4.74 Å². The van der Waals surface area contributed by atoms with Crippen LogP contribution in [-0.4, -0.2) is 42.3 Å². The average molecular weight is 282 g/mol. The van der Waals surface area contributed by atoms with E-state index >= 15 is 0 Å². The molecule has 1 aliphatic heterocycles. The van der Waals surface area contributed by atoms with Gasteiger partial charge in [-0.3, -0.25) is 4.90 Å². The third kappa shape index (κ3) is 2.90. The molecule has 1 saturated heterocycles. The molecule has 2 rings (SSSR count). The Hall–Kier alpha value is -0.120. The highest BCUT2D eigenvalue weighted by atomic mass is 16.5. The molecule has 2 fully saturated rings. The van der Waals surface area contributed by atoms with E-state index in [1.165, 1.54) is 32.1 Å². The molecule has 1 aliphatic carbocycles. The average Bonchev–Trinajstić information content (AvgIpc) is 2.46. The van der Waals surface area contributed by atoms with E-state index in [0.717, 1.165) is 31.5 Å². The number of nitrogens with zero attached hydrogens (tertiary/aromatic N) is 1. The lowest BCUT2D eigenvalue weighted by atomic mass is 9.66. The lowest BCUT2D eigenvalue weighted by Gasteiger charge is -2.57. The Morgan fingerprint density at radius 1 is 1.35 bits per heavy atom. The first kappa shape index (κ1) is 16.3. The van der Waals surface area contributed by atoms with Crippen LogP contribution < -0.4 is 5.73 Å². The number of hydrogen-bond donors (Lipinski definition) is 1. The molecule has 1 saturated carbocycles. The minimum absolute atomic E-state index is 0.213. The SMILES string of the molecule is CCC1COC(C)CN1C1(CN)CCCCC1C(C)C. The van der Waals surface area contributed by atoms with Crippen molar-refractivity contribution in [3.63, 3.8) is 0 Å². The van der Waals surface area contributed by atoms with Crippen molar-refractivity contribution in [3.8, 4) is 0 Å². The van der Waals surface area contributed by atoms with E-state index < -0.39 is 0 Å². The standard InChI is InChI=1S/C17H34N2O/c1-5-15-11-20-14(4)10-19(15)17(12-18)9-7-6-8-16(17)13(2)3/h13-16H,5-12,18H2,1-4H3. The minimum Gasteiger partial charge on any atom is -0.376 e. The van der Waals surface area contributed by atoms with Gasteiger partial charge < -0.3 is 10.5 Å². The number of nitrogens with two attached hydrogens (primary N) is 1. The highest BCUT2D eigenvalue weighted by molar-refractivity contribution is 5.04. The van der Waals surface area contributed by atoms with Gasteiger partial charge in [-0.1, -0.05) is 33.6 Å². The van der Waals surface area contributed by atoms with Gasteiger partial charge in [0.15, 0.2) is 0 Å². The molecule has 0 aromatic rings. The molecule has 3 heteroatoms. The molecule has 118 valence electrons. The van der Waals surface area contributed by atoms with Crippen molar-refractivity contribution < 1.29 is 4.74 Å². The number of morpholine rings is 1. The van der Waals surface area contributed by atoms with Gasteiger partial charge in [0.05, 0.1) is 12.7 Å². The summed E-state index contributed by atoms with van der Waals surface area (Å²) in [6.45, 7) is 12.0. The third-order valence-electron chi connectivity index (χ3n) is 5.73. The largest absolute Gasteiger partial charge is 0.376 e. The molecular formula is C17H34N2O. The van der Waals surface area contributed by atoms with Crippen LogP contribution in [0.3, 0.4) is 0 Å². The molecule has 0 radical (unpaired) electrons. The second-order valence-electron chi connectivity index (χ2n) is 7.26. The Morgan fingerprint density at radius 3 is 2.70 bits per heavy atom.